The number of rotatable bonds is 2. The van der Waals surface area contributed by atoms with Crippen LogP contribution < -0.4 is 5.73 Å². The van der Waals surface area contributed by atoms with Crippen LogP contribution in [0.4, 0.5) is 0 Å². The van der Waals surface area contributed by atoms with Crippen LogP contribution in [0.15, 0.2) is 42.5 Å². The van der Waals surface area contributed by atoms with Gasteiger partial charge in [-0.15, -0.1) is 0 Å². The van der Waals surface area contributed by atoms with Crippen molar-refractivity contribution in [1.82, 2.24) is 4.90 Å². The monoisotopic (exact) mass is 240 g/mol. The van der Waals surface area contributed by atoms with Crippen molar-refractivity contribution in [3.05, 3.63) is 48.0 Å². The average molecular weight is 240 g/mol. The summed E-state index contributed by atoms with van der Waals surface area (Å²) in [6.45, 7) is 2.25. The smallest absolute Gasteiger partial charge is 0.254 e. The minimum Gasteiger partial charge on any atom is -0.338 e. The second kappa shape index (κ2) is 4.42. The maximum absolute atomic E-state index is 12.4. The van der Waals surface area contributed by atoms with Crippen molar-refractivity contribution < 1.29 is 4.79 Å². The molecule has 92 valence electrons. The third-order valence-corrected chi connectivity index (χ3v) is 3.60. The van der Waals surface area contributed by atoms with E-state index in [0.717, 1.165) is 29.4 Å². The van der Waals surface area contributed by atoms with Crippen molar-refractivity contribution >= 4 is 16.7 Å². The lowest BCUT2D eigenvalue weighted by Crippen LogP contribution is -2.52. The van der Waals surface area contributed by atoms with Gasteiger partial charge in [0.2, 0.25) is 0 Å². The molecular formula is C15H16N2O. The molecule has 2 aromatic rings. The van der Waals surface area contributed by atoms with Crippen molar-refractivity contribution in [2.45, 2.75) is 0 Å². The molecule has 0 aliphatic carbocycles. The normalized spacial score (nSPS) is 15.7. The minimum absolute atomic E-state index is 0.122. The van der Waals surface area contributed by atoms with Gasteiger partial charge in [0.25, 0.3) is 5.91 Å². The van der Waals surface area contributed by atoms with Crippen LogP contribution in [-0.2, 0) is 0 Å². The van der Waals surface area contributed by atoms with Crippen molar-refractivity contribution in [1.29, 1.82) is 0 Å². The highest BCUT2D eigenvalue weighted by Gasteiger charge is 2.30. The summed E-state index contributed by atoms with van der Waals surface area (Å²) in [5.74, 6) is 0.598. The first kappa shape index (κ1) is 11.2. The molecule has 0 atom stereocenters. The van der Waals surface area contributed by atoms with Crippen molar-refractivity contribution in [2.75, 3.05) is 19.6 Å². The van der Waals surface area contributed by atoms with E-state index in [-0.39, 0.29) is 5.91 Å². The van der Waals surface area contributed by atoms with Crippen molar-refractivity contribution in [3.8, 4) is 0 Å². The average Bonchev–Trinajstić information content (AvgIpc) is 2.36. The van der Waals surface area contributed by atoms with E-state index in [1.165, 1.54) is 0 Å². The Labute approximate surface area is 106 Å². The number of carbonyl (C=O) groups excluding carboxylic acids is 1. The maximum atomic E-state index is 12.4. The van der Waals surface area contributed by atoms with Crippen LogP contribution in [0.1, 0.15) is 10.4 Å². The molecule has 0 spiro atoms. The van der Waals surface area contributed by atoms with Crippen LogP contribution >= 0.6 is 0 Å². The maximum Gasteiger partial charge on any atom is 0.254 e. The van der Waals surface area contributed by atoms with Gasteiger partial charge in [-0.05, 0) is 23.4 Å². The molecule has 2 aromatic carbocycles. The second-order valence-electron chi connectivity index (χ2n) is 4.84. The zero-order valence-corrected chi connectivity index (χ0v) is 10.2. The molecular weight excluding hydrogens is 224 g/mol. The molecule has 1 heterocycles. The fourth-order valence-corrected chi connectivity index (χ4v) is 2.47. The topological polar surface area (TPSA) is 46.3 Å². The first-order valence-corrected chi connectivity index (χ1v) is 6.26. The molecule has 3 rings (SSSR count). The third kappa shape index (κ3) is 1.77. The Morgan fingerprint density at radius 2 is 1.89 bits per heavy atom. The molecule has 1 aliphatic rings. The lowest BCUT2D eigenvalue weighted by atomic mass is 9.97. The number of carbonyl (C=O) groups is 1. The zero-order chi connectivity index (χ0) is 12.5. The number of benzene rings is 2. The van der Waals surface area contributed by atoms with Crippen molar-refractivity contribution in [3.63, 3.8) is 0 Å². The number of nitrogens with zero attached hydrogens (tertiary/aromatic N) is 1. The molecule has 3 heteroatoms. The Balaban J connectivity index is 1.93. The Bertz CT molecular complexity index is 583. The number of hydrogen-bond acceptors (Lipinski definition) is 2. The van der Waals surface area contributed by atoms with E-state index in [2.05, 4.69) is 0 Å². The van der Waals surface area contributed by atoms with E-state index in [4.69, 9.17) is 5.73 Å². The highest BCUT2D eigenvalue weighted by Crippen LogP contribution is 2.23. The highest BCUT2D eigenvalue weighted by atomic mass is 16.2. The van der Waals surface area contributed by atoms with Gasteiger partial charge in [-0.3, -0.25) is 4.79 Å². The summed E-state index contributed by atoms with van der Waals surface area (Å²) in [6, 6.07) is 13.9. The Kier molecular flexibility index (Phi) is 2.76. The predicted molar refractivity (Wildman–Crippen MR) is 72.4 cm³/mol. The number of hydrogen-bond donors (Lipinski definition) is 1. The van der Waals surface area contributed by atoms with Gasteiger partial charge < -0.3 is 10.6 Å². The summed E-state index contributed by atoms with van der Waals surface area (Å²) in [5.41, 5.74) is 6.38. The van der Waals surface area contributed by atoms with Gasteiger partial charge in [-0.2, -0.15) is 0 Å². The standard InChI is InChI=1S/C15H16N2O/c16-8-11-9-17(10-11)15(18)14-7-3-5-12-4-1-2-6-13(12)14/h1-7,11H,8-10,16H2. The molecule has 1 amide bonds. The zero-order valence-electron chi connectivity index (χ0n) is 10.2. The fourth-order valence-electron chi connectivity index (χ4n) is 2.47. The lowest BCUT2D eigenvalue weighted by molar-refractivity contribution is 0.0517. The number of nitrogens with two attached hydrogens (primary N) is 1. The highest BCUT2D eigenvalue weighted by molar-refractivity contribution is 6.07. The van der Waals surface area contributed by atoms with E-state index >= 15 is 0 Å². The molecule has 2 N–H and O–H groups in total. The first-order valence-electron chi connectivity index (χ1n) is 6.26. The molecule has 0 saturated carbocycles. The number of fused-ring (bicyclic) bond motifs is 1. The molecule has 0 aromatic heterocycles. The van der Waals surface area contributed by atoms with Gasteiger partial charge in [-0.1, -0.05) is 36.4 Å². The van der Waals surface area contributed by atoms with Crippen LogP contribution in [0.3, 0.4) is 0 Å². The van der Waals surface area contributed by atoms with Crippen LogP contribution in [0.25, 0.3) is 10.8 Å². The quantitative estimate of drug-likeness (QED) is 0.871. The van der Waals surface area contributed by atoms with Crippen LogP contribution in [0.5, 0.6) is 0 Å². The van der Waals surface area contributed by atoms with Gasteiger partial charge in [-0.25, -0.2) is 0 Å². The molecule has 0 bridgehead atoms. The van der Waals surface area contributed by atoms with Gasteiger partial charge in [0.05, 0.1) is 0 Å². The van der Waals surface area contributed by atoms with Gasteiger partial charge in [0, 0.05) is 24.6 Å². The van der Waals surface area contributed by atoms with Crippen LogP contribution in [0, 0.1) is 5.92 Å². The SMILES string of the molecule is NCC1CN(C(=O)c2cccc3ccccc23)C1. The summed E-state index contributed by atoms with van der Waals surface area (Å²) in [6.07, 6.45) is 0. The van der Waals surface area contributed by atoms with E-state index in [1.807, 2.05) is 47.4 Å². The fraction of sp³-hybridized carbons (Fsp3) is 0.267. The summed E-state index contributed by atoms with van der Waals surface area (Å²) < 4.78 is 0. The molecule has 0 radical (unpaired) electrons. The Morgan fingerprint density at radius 1 is 1.17 bits per heavy atom. The molecule has 0 unspecified atom stereocenters. The Morgan fingerprint density at radius 3 is 2.67 bits per heavy atom. The molecule has 1 fully saturated rings. The molecule has 1 aliphatic heterocycles. The van der Waals surface area contributed by atoms with E-state index in [1.54, 1.807) is 0 Å². The summed E-state index contributed by atoms with van der Waals surface area (Å²) in [7, 11) is 0. The summed E-state index contributed by atoms with van der Waals surface area (Å²) >= 11 is 0. The summed E-state index contributed by atoms with van der Waals surface area (Å²) in [5, 5.41) is 2.14. The van der Waals surface area contributed by atoms with E-state index in [0.29, 0.717) is 12.5 Å². The van der Waals surface area contributed by atoms with Gasteiger partial charge in [0.15, 0.2) is 0 Å². The number of amides is 1. The van der Waals surface area contributed by atoms with E-state index in [9.17, 15) is 4.79 Å². The van der Waals surface area contributed by atoms with Crippen molar-refractivity contribution in [2.24, 2.45) is 11.7 Å². The van der Waals surface area contributed by atoms with Gasteiger partial charge >= 0.3 is 0 Å². The predicted octanol–water partition coefficient (Wildman–Crippen LogP) is 1.87. The molecule has 18 heavy (non-hydrogen) atoms. The third-order valence-electron chi connectivity index (χ3n) is 3.60. The second-order valence-corrected chi connectivity index (χ2v) is 4.84. The van der Waals surface area contributed by atoms with E-state index < -0.39 is 0 Å². The largest absolute Gasteiger partial charge is 0.338 e. The summed E-state index contributed by atoms with van der Waals surface area (Å²) in [4.78, 5) is 14.3. The Hall–Kier alpha value is -1.87. The molecule has 3 nitrogen and oxygen atoms in total. The lowest BCUT2D eigenvalue weighted by Gasteiger charge is -2.38. The molecule has 1 saturated heterocycles. The number of likely N-dealkylation sites (tertiary alicyclic amines) is 1. The van der Waals surface area contributed by atoms with Crippen LogP contribution in [0.2, 0.25) is 0 Å². The van der Waals surface area contributed by atoms with Crippen LogP contribution in [-0.4, -0.2) is 30.4 Å². The first-order chi connectivity index (χ1) is 8.79. The van der Waals surface area contributed by atoms with Gasteiger partial charge in [0.1, 0.15) is 0 Å². The minimum atomic E-state index is 0.122.